The highest BCUT2D eigenvalue weighted by Gasteiger charge is 2.33. The third-order valence-corrected chi connectivity index (χ3v) is 5.51. The Morgan fingerprint density at radius 3 is 1.70 bits per heavy atom. The van der Waals surface area contributed by atoms with Gasteiger partial charge in [-0.2, -0.15) is 0 Å². The van der Waals surface area contributed by atoms with Gasteiger partial charge in [-0.15, -0.1) is 0 Å². The molecule has 13 nitrogen and oxygen atoms in total. The average Bonchev–Trinajstić information content (AvgIpc) is 2.85. The van der Waals surface area contributed by atoms with Crippen LogP contribution in [0.2, 0.25) is 0 Å². The van der Waals surface area contributed by atoms with Crippen molar-refractivity contribution in [1.82, 2.24) is 9.80 Å². The largest absolute Gasteiger partial charge is 0.519 e. The number of hydrogen-bond acceptors (Lipinski definition) is 10. The van der Waals surface area contributed by atoms with Crippen LogP contribution in [-0.4, -0.2) is 87.9 Å². The van der Waals surface area contributed by atoms with Gasteiger partial charge in [0.25, 0.3) is 0 Å². The zero-order valence-electron chi connectivity index (χ0n) is 27.3. The van der Waals surface area contributed by atoms with Crippen LogP contribution in [0.5, 0.6) is 0 Å². The number of nitrogens with zero attached hydrogens (tertiary/aromatic N) is 2. The molecule has 44 heavy (non-hydrogen) atoms. The van der Waals surface area contributed by atoms with E-state index in [1.165, 1.54) is 4.90 Å². The van der Waals surface area contributed by atoms with Crippen molar-refractivity contribution in [3.05, 3.63) is 35.9 Å². The average molecular weight is 625 g/mol. The summed E-state index contributed by atoms with van der Waals surface area (Å²) in [5.41, 5.74) is -1.14. The molecule has 1 aromatic rings. The number of carbonyl (C=O) groups excluding carboxylic acids is 4. The summed E-state index contributed by atoms with van der Waals surface area (Å²) in [6, 6.07) is 9.27. The van der Waals surface area contributed by atoms with Gasteiger partial charge in [-0.1, -0.05) is 30.3 Å². The number of hydrogen-bond donors (Lipinski definition) is 1. The molecule has 0 radical (unpaired) electrons. The number of amides is 2. The molecule has 1 aromatic carbocycles. The predicted octanol–water partition coefficient (Wildman–Crippen LogP) is 6.37. The van der Waals surface area contributed by atoms with E-state index in [1.807, 2.05) is 30.3 Å². The van der Waals surface area contributed by atoms with Crippen molar-refractivity contribution < 1.29 is 52.8 Å². The maximum absolute atomic E-state index is 12.6. The van der Waals surface area contributed by atoms with Crippen LogP contribution in [0.3, 0.4) is 0 Å². The number of aliphatic carboxylic acids is 1. The first-order valence-electron chi connectivity index (χ1n) is 14.5. The van der Waals surface area contributed by atoms with E-state index >= 15 is 0 Å². The van der Waals surface area contributed by atoms with Gasteiger partial charge in [-0.25, -0.2) is 19.2 Å². The molecule has 0 spiro atoms. The second-order valence-electron chi connectivity index (χ2n) is 13.1. The van der Waals surface area contributed by atoms with Gasteiger partial charge in [0.2, 0.25) is 0 Å². The Balaban J connectivity index is 0.000000546. The zero-order chi connectivity index (χ0) is 33.7. The summed E-state index contributed by atoms with van der Waals surface area (Å²) in [7, 11) is 0. The third kappa shape index (κ3) is 17.2. The maximum atomic E-state index is 12.6. The number of carboxylic acids is 1. The Morgan fingerprint density at radius 1 is 0.795 bits per heavy atom. The molecule has 0 aliphatic carbocycles. The summed E-state index contributed by atoms with van der Waals surface area (Å²) < 4.78 is 24.6. The molecule has 248 valence electrons. The van der Waals surface area contributed by atoms with Crippen molar-refractivity contribution in [2.45, 2.75) is 111 Å². The van der Waals surface area contributed by atoms with Crippen molar-refractivity contribution >= 4 is 30.5 Å². The van der Waals surface area contributed by atoms with Crippen LogP contribution < -0.4 is 0 Å². The van der Waals surface area contributed by atoms with Gasteiger partial charge in [0.15, 0.2) is 0 Å². The van der Waals surface area contributed by atoms with Gasteiger partial charge >= 0.3 is 30.5 Å². The topological polar surface area (TPSA) is 158 Å². The number of carbonyl (C=O) groups is 5. The number of piperidine rings is 1. The summed E-state index contributed by atoms with van der Waals surface area (Å²) >= 11 is 0. The smallest absolute Gasteiger partial charge is 0.481 e. The van der Waals surface area contributed by atoms with Crippen LogP contribution in [0, 0.1) is 0 Å². The van der Waals surface area contributed by atoms with Gasteiger partial charge in [0.05, 0.1) is 6.42 Å². The molecule has 0 bridgehead atoms. The molecule has 0 unspecified atom stereocenters. The fraction of sp³-hybridized carbons (Fsp3) is 0.645. The molecule has 2 amide bonds. The van der Waals surface area contributed by atoms with Crippen LogP contribution in [0.15, 0.2) is 30.3 Å². The zero-order valence-corrected chi connectivity index (χ0v) is 27.3. The molecule has 0 saturated carbocycles. The first-order valence-corrected chi connectivity index (χ1v) is 14.5. The summed E-state index contributed by atoms with van der Waals surface area (Å²) in [6.45, 7) is 16.5. The Kier molecular flexibility index (Phi) is 14.4. The van der Waals surface area contributed by atoms with Crippen LogP contribution in [0.25, 0.3) is 0 Å². The molecule has 1 fully saturated rings. The molecule has 13 heteroatoms. The number of benzene rings is 1. The van der Waals surface area contributed by atoms with Crippen LogP contribution >= 0.6 is 0 Å². The van der Waals surface area contributed by atoms with E-state index in [2.05, 4.69) is 4.74 Å². The third-order valence-electron chi connectivity index (χ3n) is 5.51. The van der Waals surface area contributed by atoms with E-state index in [-0.39, 0.29) is 31.7 Å². The lowest BCUT2D eigenvalue weighted by Crippen LogP contribution is -2.50. The summed E-state index contributed by atoms with van der Waals surface area (Å²) in [5, 5.41) is 8.99. The highest BCUT2D eigenvalue weighted by Crippen LogP contribution is 2.21. The molecule has 1 aliphatic heterocycles. The van der Waals surface area contributed by atoms with E-state index in [0.29, 0.717) is 25.9 Å². The first kappa shape index (κ1) is 38.0. The minimum Gasteiger partial charge on any atom is -0.481 e. The van der Waals surface area contributed by atoms with E-state index in [9.17, 15) is 24.0 Å². The molecule has 2 rings (SSSR count). The van der Waals surface area contributed by atoms with Gasteiger partial charge in [0, 0.05) is 25.7 Å². The minimum absolute atomic E-state index is 0.0768. The van der Waals surface area contributed by atoms with Gasteiger partial charge < -0.3 is 38.6 Å². The molecular weight excluding hydrogens is 576 g/mol. The second-order valence-corrected chi connectivity index (χ2v) is 13.1. The highest BCUT2D eigenvalue weighted by atomic mass is 16.8. The summed E-state index contributed by atoms with van der Waals surface area (Å²) in [4.78, 5) is 60.9. The molecule has 1 N–H and O–H groups in total. The van der Waals surface area contributed by atoms with E-state index in [4.69, 9.17) is 24.1 Å². The first-order chi connectivity index (χ1) is 20.1. The van der Waals surface area contributed by atoms with Gasteiger partial charge in [-0.05, 0) is 80.7 Å². The molecule has 0 atom stereocenters. The van der Waals surface area contributed by atoms with Crippen molar-refractivity contribution in [2.75, 3.05) is 19.6 Å². The number of carboxylic acid groups (broad SMARTS) is 1. The van der Waals surface area contributed by atoms with Crippen LogP contribution in [-0.2, 0) is 35.1 Å². The molecule has 1 heterocycles. The van der Waals surface area contributed by atoms with E-state index in [0.717, 1.165) is 5.56 Å². The monoisotopic (exact) mass is 624 g/mol. The lowest BCUT2D eigenvalue weighted by molar-refractivity contribution is -0.137. The Bertz CT molecular complexity index is 1070. The standard InChI is InChI=1S/C21H30N2O6.C10H18O5/c1-21(2,3)29-20(27)23(14-11-18(24)25)17-9-12-22(13-10-17)19(26)28-15-16-7-5-4-6-8-16;1-9(2,3)14-7(11)13-8(12)15-10(4,5)6/h4-8,17H,9-15H2,1-3H3,(H,24,25);1-6H3. The van der Waals surface area contributed by atoms with E-state index in [1.54, 1.807) is 67.2 Å². The highest BCUT2D eigenvalue weighted by molar-refractivity contribution is 5.77. The SMILES string of the molecule is CC(C)(C)OC(=O)N(CCC(=O)O)C1CCN(C(=O)OCc2ccccc2)CC1.CC(C)(C)OC(=O)OC(=O)OC(C)(C)C. The fourth-order valence-corrected chi connectivity index (χ4v) is 3.74. The quantitative estimate of drug-likeness (QED) is 0.213. The summed E-state index contributed by atoms with van der Waals surface area (Å²) in [6.07, 6.45) is -2.10. The Labute approximate surface area is 259 Å². The minimum atomic E-state index is -1.06. The predicted molar refractivity (Wildman–Crippen MR) is 160 cm³/mol. The fourth-order valence-electron chi connectivity index (χ4n) is 3.74. The Hall–Kier alpha value is -4.03. The Morgan fingerprint density at radius 2 is 1.27 bits per heavy atom. The second kappa shape index (κ2) is 16.7. The molecule has 1 saturated heterocycles. The lowest BCUT2D eigenvalue weighted by Gasteiger charge is -2.38. The van der Waals surface area contributed by atoms with Crippen LogP contribution in [0.1, 0.15) is 87.1 Å². The summed E-state index contributed by atoms with van der Waals surface area (Å²) in [5.74, 6) is -0.972. The maximum Gasteiger partial charge on any atom is 0.519 e. The molecule has 1 aliphatic rings. The van der Waals surface area contributed by atoms with Crippen molar-refractivity contribution in [3.8, 4) is 0 Å². The van der Waals surface area contributed by atoms with Crippen molar-refractivity contribution in [1.29, 1.82) is 0 Å². The van der Waals surface area contributed by atoms with Crippen molar-refractivity contribution in [3.63, 3.8) is 0 Å². The van der Waals surface area contributed by atoms with Crippen LogP contribution in [0.4, 0.5) is 19.2 Å². The number of likely N-dealkylation sites (tertiary alicyclic amines) is 1. The van der Waals surface area contributed by atoms with Crippen molar-refractivity contribution in [2.24, 2.45) is 0 Å². The normalized spacial score (nSPS) is 13.9. The molecule has 0 aromatic heterocycles. The number of ether oxygens (including phenoxy) is 5. The van der Waals surface area contributed by atoms with Gasteiger partial charge in [-0.3, -0.25) is 4.79 Å². The molecular formula is C31H48N2O11. The lowest BCUT2D eigenvalue weighted by atomic mass is 10.0. The van der Waals surface area contributed by atoms with Gasteiger partial charge in [0.1, 0.15) is 23.4 Å². The van der Waals surface area contributed by atoms with E-state index < -0.39 is 41.2 Å². The number of rotatable bonds is 6.